The molecule has 18 heavy (non-hydrogen) atoms. The van der Waals surface area contributed by atoms with E-state index in [0.717, 1.165) is 0 Å². The maximum absolute atomic E-state index is 11.6. The van der Waals surface area contributed by atoms with Gasteiger partial charge in [0.25, 0.3) is 0 Å². The fourth-order valence-corrected chi connectivity index (χ4v) is 1.87. The third-order valence-corrected chi connectivity index (χ3v) is 3.26. The molecule has 2 atom stereocenters. The van der Waals surface area contributed by atoms with Gasteiger partial charge in [0, 0.05) is 5.92 Å². The Bertz CT molecular complexity index is 312. The van der Waals surface area contributed by atoms with Gasteiger partial charge in [-0.15, -0.1) is 13.2 Å². The average molecular weight is 278 g/mol. The summed E-state index contributed by atoms with van der Waals surface area (Å²) in [6.45, 7) is 8.15. The lowest BCUT2D eigenvalue weighted by Gasteiger charge is -2.24. The Morgan fingerprint density at radius 1 is 1.33 bits per heavy atom. The molecule has 0 aliphatic rings. The number of allylic oxidation sites excluding steroid dienone is 1. The second-order valence-corrected chi connectivity index (χ2v) is 6.59. The Labute approximate surface area is 110 Å². The molecular weight excluding hydrogens is 253 g/mol. The van der Waals surface area contributed by atoms with Crippen molar-refractivity contribution in [3.63, 3.8) is 0 Å². The standard InChI is InChI=1S/C12H24NO4P/c1-6-8-12(7-2)11-17-18(14,15)16-10-9-13(3,4)5/h6-7,12H,1-2,8-11H2,3-5H3/p+1. The van der Waals surface area contributed by atoms with Crippen molar-refractivity contribution in [1.82, 2.24) is 0 Å². The van der Waals surface area contributed by atoms with Crippen molar-refractivity contribution in [3.05, 3.63) is 25.3 Å². The van der Waals surface area contributed by atoms with Crippen molar-refractivity contribution in [2.45, 2.75) is 6.42 Å². The summed E-state index contributed by atoms with van der Waals surface area (Å²) in [4.78, 5) is 9.47. The Morgan fingerprint density at radius 3 is 2.39 bits per heavy atom. The molecule has 1 N–H and O–H groups in total. The molecule has 0 heterocycles. The number of quaternary nitrogens is 1. The van der Waals surface area contributed by atoms with Crippen LogP contribution in [-0.2, 0) is 13.6 Å². The van der Waals surface area contributed by atoms with Gasteiger partial charge in [-0.05, 0) is 6.42 Å². The van der Waals surface area contributed by atoms with Crippen LogP contribution in [0.1, 0.15) is 6.42 Å². The van der Waals surface area contributed by atoms with Crippen LogP contribution in [0.25, 0.3) is 0 Å². The van der Waals surface area contributed by atoms with E-state index in [-0.39, 0.29) is 19.1 Å². The highest BCUT2D eigenvalue weighted by Crippen LogP contribution is 2.43. The van der Waals surface area contributed by atoms with Gasteiger partial charge in [0.05, 0.1) is 27.7 Å². The summed E-state index contributed by atoms with van der Waals surface area (Å²) in [6, 6.07) is 0. The van der Waals surface area contributed by atoms with Crippen LogP contribution in [0, 0.1) is 5.92 Å². The topological polar surface area (TPSA) is 55.8 Å². The molecule has 0 aromatic heterocycles. The SMILES string of the molecule is C=CCC(C=C)COP(=O)(O)OCC[N+](C)(C)C. The minimum Gasteiger partial charge on any atom is -0.329 e. The highest BCUT2D eigenvalue weighted by Gasteiger charge is 2.23. The summed E-state index contributed by atoms with van der Waals surface area (Å²) in [7, 11) is 1.97. The second kappa shape index (κ2) is 7.87. The van der Waals surface area contributed by atoms with Crippen molar-refractivity contribution < 1.29 is 23.0 Å². The van der Waals surface area contributed by atoms with Crippen LogP contribution in [0.4, 0.5) is 0 Å². The number of likely N-dealkylation sites (N-methyl/N-ethyl adjacent to an activating group) is 1. The van der Waals surface area contributed by atoms with Crippen molar-refractivity contribution in [2.24, 2.45) is 5.92 Å². The summed E-state index contributed by atoms with van der Waals surface area (Å²) in [5.74, 6) is -0.0232. The monoisotopic (exact) mass is 278 g/mol. The van der Waals surface area contributed by atoms with Crippen molar-refractivity contribution in [2.75, 3.05) is 40.9 Å². The predicted octanol–water partition coefficient (Wildman–Crippen LogP) is 2.20. The van der Waals surface area contributed by atoms with E-state index in [1.54, 1.807) is 12.2 Å². The van der Waals surface area contributed by atoms with E-state index in [4.69, 9.17) is 9.05 Å². The maximum atomic E-state index is 11.6. The van der Waals surface area contributed by atoms with Crippen LogP contribution >= 0.6 is 7.82 Å². The first-order valence-electron chi connectivity index (χ1n) is 5.86. The quantitative estimate of drug-likeness (QED) is 0.378. The van der Waals surface area contributed by atoms with E-state index >= 15 is 0 Å². The van der Waals surface area contributed by atoms with Crippen LogP contribution in [-0.4, -0.2) is 50.3 Å². The highest BCUT2D eigenvalue weighted by molar-refractivity contribution is 7.47. The Balaban J connectivity index is 4.03. The molecular formula is C12H25NO4P+. The first-order valence-corrected chi connectivity index (χ1v) is 7.35. The zero-order valence-corrected chi connectivity index (χ0v) is 12.4. The summed E-state index contributed by atoms with van der Waals surface area (Å²) >= 11 is 0. The van der Waals surface area contributed by atoms with E-state index in [0.29, 0.717) is 17.4 Å². The molecule has 6 heteroatoms. The van der Waals surface area contributed by atoms with Gasteiger partial charge >= 0.3 is 7.82 Å². The van der Waals surface area contributed by atoms with Crippen molar-refractivity contribution in [1.29, 1.82) is 0 Å². The molecule has 0 saturated carbocycles. The minimum absolute atomic E-state index is 0.0232. The molecule has 0 amide bonds. The molecule has 0 aliphatic heterocycles. The molecule has 0 saturated heterocycles. The van der Waals surface area contributed by atoms with Gasteiger partial charge in [-0.3, -0.25) is 9.05 Å². The molecule has 0 aromatic carbocycles. The first-order chi connectivity index (χ1) is 8.20. The van der Waals surface area contributed by atoms with Crippen molar-refractivity contribution >= 4 is 7.82 Å². The van der Waals surface area contributed by atoms with Gasteiger partial charge in [0.1, 0.15) is 13.2 Å². The smallest absolute Gasteiger partial charge is 0.329 e. The number of phosphoric acid groups is 1. The van der Waals surface area contributed by atoms with Gasteiger partial charge in [-0.1, -0.05) is 12.2 Å². The highest BCUT2D eigenvalue weighted by atomic mass is 31.2. The molecule has 0 aliphatic carbocycles. The summed E-state index contributed by atoms with van der Waals surface area (Å²) in [5, 5.41) is 0. The Kier molecular flexibility index (Phi) is 7.67. The lowest BCUT2D eigenvalue weighted by atomic mass is 10.1. The molecule has 106 valence electrons. The zero-order valence-electron chi connectivity index (χ0n) is 11.5. The van der Waals surface area contributed by atoms with Crippen LogP contribution in [0.2, 0.25) is 0 Å². The van der Waals surface area contributed by atoms with Crippen LogP contribution in [0.5, 0.6) is 0 Å². The van der Waals surface area contributed by atoms with E-state index in [9.17, 15) is 9.46 Å². The number of phosphoric ester groups is 1. The van der Waals surface area contributed by atoms with Crippen LogP contribution in [0.15, 0.2) is 25.3 Å². The largest absolute Gasteiger partial charge is 0.472 e. The Hall–Kier alpha value is -0.450. The maximum Gasteiger partial charge on any atom is 0.472 e. The molecule has 0 radical (unpaired) electrons. The minimum atomic E-state index is -3.96. The molecule has 0 fully saturated rings. The first kappa shape index (κ1) is 17.6. The molecule has 0 aromatic rings. The molecule has 0 rings (SSSR count). The number of hydrogen-bond acceptors (Lipinski definition) is 3. The van der Waals surface area contributed by atoms with E-state index in [1.807, 2.05) is 21.1 Å². The summed E-state index contributed by atoms with van der Waals surface area (Å²) in [6.07, 6.45) is 4.05. The van der Waals surface area contributed by atoms with E-state index in [1.165, 1.54) is 0 Å². The molecule has 2 unspecified atom stereocenters. The summed E-state index contributed by atoms with van der Waals surface area (Å²) < 4.78 is 22.0. The molecule has 0 bridgehead atoms. The third-order valence-electron chi connectivity index (χ3n) is 2.27. The lowest BCUT2D eigenvalue weighted by Crippen LogP contribution is -2.37. The summed E-state index contributed by atoms with van der Waals surface area (Å²) in [5.41, 5.74) is 0. The second-order valence-electron chi connectivity index (χ2n) is 5.13. The molecule has 0 spiro atoms. The van der Waals surface area contributed by atoms with Crippen LogP contribution in [0.3, 0.4) is 0 Å². The lowest BCUT2D eigenvalue weighted by molar-refractivity contribution is -0.870. The van der Waals surface area contributed by atoms with Crippen molar-refractivity contribution in [3.8, 4) is 0 Å². The zero-order chi connectivity index (χ0) is 14.2. The van der Waals surface area contributed by atoms with Gasteiger partial charge in [0.2, 0.25) is 0 Å². The van der Waals surface area contributed by atoms with Gasteiger partial charge in [-0.2, -0.15) is 0 Å². The number of nitrogens with zero attached hydrogens (tertiary/aromatic N) is 1. The van der Waals surface area contributed by atoms with E-state index < -0.39 is 7.82 Å². The van der Waals surface area contributed by atoms with Gasteiger partial charge in [0.15, 0.2) is 0 Å². The average Bonchev–Trinajstić information content (AvgIpc) is 2.22. The third kappa shape index (κ3) is 9.57. The van der Waals surface area contributed by atoms with Crippen LogP contribution < -0.4 is 0 Å². The number of rotatable bonds is 10. The molecule has 5 nitrogen and oxygen atoms in total. The van der Waals surface area contributed by atoms with E-state index in [2.05, 4.69) is 13.2 Å². The predicted molar refractivity (Wildman–Crippen MR) is 73.1 cm³/mol. The van der Waals surface area contributed by atoms with Gasteiger partial charge < -0.3 is 9.38 Å². The Morgan fingerprint density at radius 2 is 1.94 bits per heavy atom. The fourth-order valence-electron chi connectivity index (χ4n) is 1.10. The van der Waals surface area contributed by atoms with Gasteiger partial charge in [-0.25, -0.2) is 4.57 Å². The number of hydrogen-bond donors (Lipinski definition) is 1. The fraction of sp³-hybridized carbons (Fsp3) is 0.667. The normalized spacial score (nSPS) is 16.9.